The summed E-state index contributed by atoms with van der Waals surface area (Å²) in [7, 11) is -1.50. The lowest BCUT2D eigenvalue weighted by Crippen LogP contribution is -2.37. The van der Waals surface area contributed by atoms with Crippen LogP contribution in [-0.4, -0.2) is 44.0 Å². The zero-order valence-corrected chi connectivity index (χ0v) is 10.9. The van der Waals surface area contributed by atoms with Crippen molar-refractivity contribution in [1.29, 1.82) is 0 Å². The number of rotatable bonds is 3. The van der Waals surface area contributed by atoms with Crippen LogP contribution in [0.3, 0.4) is 0 Å². The highest BCUT2D eigenvalue weighted by atomic mass is 32.2. The zero-order chi connectivity index (χ0) is 13.3. The van der Waals surface area contributed by atoms with Crippen molar-refractivity contribution >= 4 is 11.0 Å². The monoisotopic (exact) mass is 273 g/mol. The molecule has 100 valence electrons. The van der Waals surface area contributed by atoms with Crippen LogP contribution in [0, 0.1) is 12.7 Å². The predicted octanol–water partition coefficient (Wildman–Crippen LogP) is 0.586. The number of nitrogens with zero attached hydrogens (tertiary/aromatic N) is 1. The fourth-order valence-corrected chi connectivity index (χ4v) is 3.22. The van der Waals surface area contributed by atoms with Crippen molar-refractivity contribution in [2.24, 2.45) is 0 Å². The number of halogens is 1. The SMILES string of the molecule is Cc1ccc(S(=O)N2CCC(O)(CO)C2)cc1F. The first-order valence-corrected chi connectivity index (χ1v) is 6.82. The Kier molecular flexibility index (Phi) is 3.82. The molecule has 0 spiro atoms. The number of β-amino-alcohol motifs (C(OH)–C–C–N with tert-alkyl or cyclic N) is 1. The van der Waals surface area contributed by atoms with Gasteiger partial charge in [0.05, 0.1) is 11.5 Å². The van der Waals surface area contributed by atoms with Crippen molar-refractivity contribution in [2.45, 2.75) is 23.8 Å². The van der Waals surface area contributed by atoms with Crippen molar-refractivity contribution in [3.63, 3.8) is 0 Å². The predicted molar refractivity (Wildman–Crippen MR) is 65.8 cm³/mol. The Labute approximate surface area is 108 Å². The number of aliphatic hydroxyl groups excluding tert-OH is 1. The molecule has 1 heterocycles. The van der Waals surface area contributed by atoms with Crippen LogP contribution in [0.1, 0.15) is 12.0 Å². The minimum absolute atomic E-state index is 0.131. The molecule has 0 radical (unpaired) electrons. The molecular formula is C12H16FNO3S. The first-order chi connectivity index (χ1) is 8.45. The Balaban J connectivity index is 2.15. The van der Waals surface area contributed by atoms with E-state index in [9.17, 15) is 13.7 Å². The molecule has 6 heteroatoms. The summed E-state index contributed by atoms with van der Waals surface area (Å²) in [5.74, 6) is -0.391. The highest BCUT2D eigenvalue weighted by molar-refractivity contribution is 7.82. The number of aliphatic hydroxyl groups is 2. The van der Waals surface area contributed by atoms with E-state index in [0.717, 1.165) is 0 Å². The highest BCUT2D eigenvalue weighted by Crippen LogP contribution is 2.25. The van der Waals surface area contributed by atoms with E-state index in [1.165, 1.54) is 6.07 Å². The molecule has 1 fully saturated rings. The molecule has 0 bridgehead atoms. The van der Waals surface area contributed by atoms with Gasteiger partial charge in [-0.2, -0.15) is 0 Å². The number of hydrogen-bond acceptors (Lipinski definition) is 3. The second-order valence-corrected chi connectivity index (χ2v) is 6.14. The normalized spacial score (nSPS) is 26.4. The van der Waals surface area contributed by atoms with Crippen molar-refractivity contribution in [3.05, 3.63) is 29.6 Å². The standard InChI is InChI=1S/C12H16FNO3S/c1-9-2-3-10(6-11(9)13)18(17)14-5-4-12(16,7-14)8-15/h2-3,6,15-16H,4-5,7-8H2,1H3. The van der Waals surface area contributed by atoms with Crippen molar-refractivity contribution in [1.82, 2.24) is 4.31 Å². The van der Waals surface area contributed by atoms with Gasteiger partial charge in [-0.3, -0.25) is 0 Å². The first-order valence-electron chi connectivity index (χ1n) is 5.71. The van der Waals surface area contributed by atoms with Crippen molar-refractivity contribution in [2.75, 3.05) is 19.7 Å². The average molecular weight is 273 g/mol. The van der Waals surface area contributed by atoms with Gasteiger partial charge in [-0.1, -0.05) is 6.07 Å². The van der Waals surface area contributed by atoms with Crippen molar-refractivity contribution < 1.29 is 18.8 Å². The van der Waals surface area contributed by atoms with Crippen LogP contribution in [0.15, 0.2) is 23.1 Å². The molecule has 2 N–H and O–H groups in total. The van der Waals surface area contributed by atoms with E-state index in [2.05, 4.69) is 0 Å². The van der Waals surface area contributed by atoms with E-state index in [-0.39, 0.29) is 13.2 Å². The molecule has 1 saturated heterocycles. The molecule has 1 aromatic carbocycles. The summed E-state index contributed by atoms with van der Waals surface area (Å²) >= 11 is 0. The smallest absolute Gasteiger partial charge is 0.127 e. The Morgan fingerprint density at radius 3 is 2.83 bits per heavy atom. The quantitative estimate of drug-likeness (QED) is 0.847. The largest absolute Gasteiger partial charge is 0.393 e. The maximum absolute atomic E-state index is 13.4. The lowest BCUT2D eigenvalue weighted by atomic mass is 10.1. The van der Waals surface area contributed by atoms with Gasteiger partial charge in [0, 0.05) is 13.1 Å². The minimum Gasteiger partial charge on any atom is -0.393 e. The van der Waals surface area contributed by atoms with Crippen LogP contribution in [-0.2, 0) is 11.0 Å². The molecule has 4 nitrogen and oxygen atoms in total. The summed E-state index contributed by atoms with van der Waals surface area (Å²) in [6.45, 7) is 1.83. The van der Waals surface area contributed by atoms with E-state index in [1.807, 2.05) is 0 Å². The zero-order valence-electron chi connectivity index (χ0n) is 10.1. The third-order valence-electron chi connectivity index (χ3n) is 3.17. The van der Waals surface area contributed by atoms with E-state index < -0.39 is 22.4 Å². The van der Waals surface area contributed by atoms with Crippen LogP contribution in [0.2, 0.25) is 0 Å². The van der Waals surface area contributed by atoms with Gasteiger partial charge < -0.3 is 10.2 Å². The molecule has 18 heavy (non-hydrogen) atoms. The summed E-state index contributed by atoms with van der Waals surface area (Å²) in [5, 5.41) is 18.9. The van der Waals surface area contributed by atoms with Gasteiger partial charge in [0.15, 0.2) is 0 Å². The average Bonchev–Trinajstić information content (AvgIpc) is 2.75. The number of benzene rings is 1. The van der Waals surface area contributed by atoms with Crippen LogP contribution in [0.4, 0.5) is 4.39 Å². The van der Waals surface area contributed by atoms with Crippen LogP contribution < -0.4 is 0 Å². The maximum atomic E-state index is 13.4. The molecule has 1 aromatic rings. The third-order valence-corrected chi connectivity index (χ3v) is 4.61. The van der Waals surface area contributed by atoms with E-state index in [1.54, 1.807) is 23.4 Å². The van der Waals surface area contributed by atoms with Gasteiger partial charge in [0.25, 0.3) is 0 Å². The summed E-state index contributed by atoms with van der Waals surface area (Å²) in [6.07, 6.45) is 0.365. The molecule has 0 amide bonds. The summed E-state index contributed by atoms with van der Waals surface area (Å²) in [5.41, 5.74) is -0.692. The lowest BCUT2D eigenvalue weighted by molar-refractivity contribution is -0.000502. The van der Waals surface area contributed by atoms with Crippen LogP contribution in [0.5, 0.6) is 0 Å². The van der Waals surface area contributed by atoms with Gasteiger partial charge in [-0.05, 0) is 31.0 Å². The molecule has 2 atom stereocenters. The second kappa shape index (κ2) is 5.05. The molecule has 2 unspecified atom stereocenters. The Morgan fingerprint density at radius 2 is 2.28 bits per heavy atom. The molecule has 1 aliphatic rings. The first kappa shape index (κ1) is 13.6. The van der Waals surface area contributed by atoms with E-state index in [4.69, 9.17) is 5.11 Å². The van der Waals surface area contributed by atoms with Gasteiger partial charge >= 0.3 is 0 Å². The molecule has 0 aromatic heterocycles. The lowest BCUT2D eigenvalue weighted by Gasteiger charge is -2.20. The van der Waals surface area contributed by atoms with E-state index >= 15 is 0 Å². The Morgan fingerprint density at radius 1 is 1.56 bits per heavy atom. The van der Waals surface area contributed by atoms with Crippen LogP contribution >= 0.6 is 0 Å². The van der Waals surface area contributed by atoms with Gasteiger partial charge in [0.2, 0.25) is 0 Å². The fraction of sp³-hybridized carbons (Fsp3) is 0.500. The third kappa shape index (κ3) is 2.61. The fourth-order valence-electron chi connectivity index (χ4n) is 1.92. The van der Waals surface area contributed by atoms with E-state index in [0.29, 0.717) is 23.4 Å². The molecule has 0 saturated carbocycles. The summed E-state index contributed by atoms with van der Waals surface area (Å²) in [6, 6.07) is 4.45. The second-order valence-electron chi connectivity index (χ2n) is 4.66. The Bertz CT molecular complexity index is 482. The molecule has 0 aliphatic carbocycles. The topological polar surface area (TPSA) is 60.8 Å². The van der Waals surface area contributed by atoms with Crippen molar-refractivity contribution in [3.8, 4) is 0 Å². The van der Waals surface area contributed by atoms with Gasteiger partial charge in [-0.25, -0.2) is 12.9 Å². The minimum atomic E-state index is -1.50. The number of aryl methyl sites for hydroxylation is 1. The Hall–Kier alpha value is -0.820. The van der Waals surface area contributed by atoms with Gasteiger partial charge in [0.1, 0.15) is 22.4 Å². The summed E-state index contributed by atoms with van der Waals surface area (Å²) in [4.78, 5) is 0.375. The maximum Gasteiger partial charge on any atom is 0.127 e. The number of hydrogen-bond donors (Lipinski definition) is 2. The molecule has 2 rings (SSSR count). The van der Waals surface area contributed by atoms with Crippen LogP contribution in [0.25, 0.3) is 0 Å². The molecule has 1 aliphatic heterocycles. The molecular weight excluding hydrogens is 257 g/mol. The summed E-state index contributed by atoms with van der Waals surface area (Å²) < 4.78 is 27.1. The highest BCUT2D eigenvalue weighted by Gasteiger charge is 2.38. The van der Waals surface area contributed by atoms with Gasteiger partial charge in [-0.15, -0.1) is 0 Å².